The zero-order valence-electron chi connectivity index (χ0n) is 11.5. The summed E-state index contributed by atoms with van der Waals surface area (Å²) in [6.07, 6.45) is 1.74. The Morgan fingerprint density at radius 3 is 1.53 bits per heavy atom. The van der Waals surface area contributed by atoms with Crippen molar-refractivity contribution in [3.8, 4) is 0 Å². The Morgan fingerprint density at radius 1 is 1.00 bits per heavy atom. The van der Waals surface area contributed by atoms with Crippen molar-refractivity contribution >= 4 is 8.32 Å². The molecule has 0 rings (SSSR count). The third-order valence-corrected chi connectivity index (χ3v) is 9.03. The first-order chi connectivity index (χ1) is 6.39. The summed E-state index contributed by atoms with van der Waals surface area (Å²) in [6, 6.07) is 0. The zero-order valence-corrected chi connectivity index (χ0v) is 12.5. The van der Waals surface area contributed by atoms with E-state index >= 15 is 0 Å². The average molecular weight is 220 g/mol. The first-order valence-electron chi connectivity index (χ1n) is 5.51. The van der Waals surface area contributed by atoms with E-state index < -0.39 is 8.32 Å². The van der Waals surface area contributed by atoms with Crippen LogP contribution in [0.2, 0.25) is 16.6 Å². The van der Waals surface area contributed by atoms with Crippen molar-refractivity contribution in [3.63, 3.8) is 0 Å². The third-order valence-electron chi connectivity index (χ3n) is 3.08. The normalized spacial score (nSPS) is 11.8. The van der Waals surface area contributed by atoms with Crippen LogP contribution < -0.4 is 18.9 Å². The molecular weight excluding hydrogens is 195 g/mol. The van der Waals surface area contributed by atoms with Crippen molar-refractivity contribution in [2.45, 2.75) is 58.2 Å². The summed E-state index contributed by atoms with van der Waals surface area (Å²) >= 11 is 0. The molecule has 15 heavy (non-hydrogen) atoms. The molecule has 0 spiro atoms. The van der Waals surface area contributed by atoms with Gasteiger partial charge in [0.15, 0.2) is 8.32 Å². The second kappa shape index (κ2) is 7.62. The fraction of sp³-hybridized carbons (Fsp3) is 0.750. The molecule has 0 heterocycles. The molecule has 0 aliphatic heterocycles. The van der Waals surface area contributed by atoms with Crippen molar-refractivity contribution < 1.29 is 23.3 Å². The molecule has 0 amide bonds. The van der Waals surface area contributed by atoms with Gasteiger partial charge in [0.05, 0.1) is 0 Å². The van der Waals surface area contributed by atoms with E-state index in [1.165, 1.54) is 0 Å². The molecule has 0 N–H and O–H groups in total. The van der Waals surface area contributed by atoms with Crippen LogP contribution in [0.1, 0.15) is 41.5 Å². The minimum Gasteiger partial charge on any atom is -0.480 e. The van der Waals surface area contributed by atoms with Gasteiger partial charge in [-0.3, -0.25) is 0 Å². The summed E-state index contributed by atoms with van der Waals surface area (Å²) in [5.74, 6) is 0. The third kappa shape index (κ3) is 4.03. The van der Waals surface area contributed by atoms with Crippen molar-refractivity contribution in [1.29, 1.82) is 0 Å². The maximum Gasteiger partial charge on any atom is 1.00 e. The van der Waals surface area contributed by atoms with Gasteiger partial charge in [0.2, 0.25) is 0 Å². The second-order valence-corrected chi connectivity index (χ2v) is 10.2. The summed E-state index contributed by atoms with van der Waals surface area (Å²) in [5.41, 5.74) is 1.91. The minimum absolute atomic E-state index is 0. The Hall–Kier alpha value is 0.384. The maximum atomic E-state index is 6.06. The van der Waals surface area contributed by atoms with Gasteiger partial charge in [-0.15, -0.1) is 6.61 Å². The second-order valence-electron chi connectivity index (χ2n) is 4.81. The Bertz CT molecular complexity index is 157. The van der Waals surface area contributed by atoms with E-state index in [1.54, 1.807) is 12.7 Å². The van der Waals surface area contributed by atoms with Crippen LogP contribution in [-0.2, 0) is 4.43 Å². The van der Waals surface area contributed by atoms with Crippen LogP contribution in [0.15, 0.2) is 12.7 Å². The van der Waals surface area contributed by atoms with Gasteiger partial charge in [-0.1, -0.05) is 41.5 Å². The average Bonchev–Trinajstić information content (AvgIpc) is 2.03. The van der Waals surface area contributed by atoms with E-state index in [2.05, 4.69) is 48.1 Å². The SMILES string of the molecule is C=C[CH-]O[Si](C(C)C)(C(C)C)C(C)C.[Li+]. The van der Waals surface area contributed by atoms with Gasteiger partial charge >= 0.3 is 18.9 Å². The van der Waals surface area contributed by atoms with Gasteiger partial charge in [0.25, 0.3) is 0 Å². The van der Waals surface area contributed by atoms with E-state index in [1.807, 2.05) is 0 Å². The molecule has 84 valence electrons. The van der Waals surface area contributed by atoms with Crippen molar-refractivity contribution in [3.05, 3.63) is 19.3 Å². The summed E-state index contributed by atoms with van der Waals surface area (Å²) in [5, 5.41) is 0. The predicted octanol–water partition coefficient (Wildman–Crippen LogP) is 1.53. The molecule has 0 aromatic heterocycles. The van der Waals surface area contributed by atoms with Gasteiger partial charge in [0.1, 0.15) is 0 Å². The molecule has 0 atom stereocenters. The van der Waals surface area contributed by atoms with Crippen LogP contribution in [0.4, 0.5) is 0 Å². The monoisotopic (exact) mass is 220 g/mol. The fourth-order valence-corrected chi connectivity index (χ4v) is 7.72. The van der Waals surface area contributed by atoms with Gasteiger partial charge < -0.3 is 4.43 Å². The molecule has 0 unspecified atom stereocenters. The minimum atomic E-state index is -1.68. The van der Waals surface area contributed by atoms with Crippen LogP contribution in [0.25, 0.3) is 0 Å². The quantitative estimate of drug-likeness (QED) is 0.487. The molecule has 0 saturated carbocycles. The molecule has 0 saturated heterocycles. The molecule has 0 radical (unpaired) electrons. The predicted molar refractivity (Wildman–Crippen MR) is 66.6 cm³/mol. The Balaban J connectivity index is 0. The van der Waals surface area contributed by atoms with E-state index in [4.69, 9.17) is 4.43 Å². The van der Waals surface area contributed by atoms with E-state index in [0.29, 0.717) is 16.6 Å². The van der Waals surface area contributed by atoms with Crippen molar-refractivity contribution in [1.82, 2.24) is 0 Å². The van der Waals surface area contributed by atoms with Gasteiger partial charge in [-0.25, -0.2) is 12.7 Å². The first-order valence-corrected chi connectivity index (χ1v) is 7.65. The molecule has 0 aromatic rings. The zero-order chi connectivity index (χ0) is 11.4. The first kappa shape index (κ1) is 17.8. The summed E-state index contributed by atoms with van der Waals surface area (Å²) in [4.78, 5) is 0. The molecule has 0 bridgehead atoms. The van der Waals surface area contributed by atoms with Crippen molar-refractivity contribution in [2.24, 2.45) is 0 Å². The Morgan fingerprint density at radius 2 is 1.33 bits per heavy atom. The molecule has 0 fully saturated rings. The standard InChI is InChI=1S/C12H25OSi.Li/c1-8-9-13-14(10(2)3,11(4)5)12(6)7;/h8-12H,1H2,2-7H3;/q-1;+1. The molecular formula is C12H25LiOSi. The fourth-order valence-electron chi connectivity index (χ4n) is 2.57. The Labute approximate surface area is 109 Å². The summed E-state index contributed by atoms with van der Waals surface area (Å²) in [6.45, 7) is 19.2. The largest absolute Gasteiger partial charge is 1.00 e. The van der Waals surface area contributed by atoms with Gasteiger partial charge in [0, 0.05) is 0 Å². The van der Waals surface area contributed by atoms with Gasteiger partial charge in [-0.05, 0) is 16.6 Å². The molecule has 0 aliphatic carbocycles. The molecule has 0 aliphatic rings. The maximum absolute atomic E-state index is 6.06. The van der Waals surface area contributed by atoms with E-state index in [9.17, 15) is 0 Å². The van der Waals surface area contributed by atoms with Crippen LogP contribution in [-0.4, -0.2) is 8.32 Å². The smallest absolute Gasteiger partial charge is 0.480 e. The van der Waals surface area contributed by atoms with Crippen LogP contribution in [0.5, 0.6) is 0 Å². The topological polar surface area (TPSA) is 9.23 Å². The summed E-state index contributed by atoms with van der Waals surface area (Å²) in [7, 11) is -1.68. The number of hydrogen-bond donors (Lipinski definition) is 0. The van der Waals surface area contributed by atoms with Crippen molar-refractivity contribution in [2.75, 3.05) is 0 Å². The van der Waals surface area contributed by atoms with Crippen LogP contribution in [0, 0.1) is 6.61 Å². The van der Waals surface area contributed by atoms with Crippen LogP contribution in [0.3, 0.4) is 0 Å². The molecule has 1 nitrogen and oxygen atoms in total. The number of rotatable bonds is 6. The van der Waals surface area contributed by atoms with Gasteiger partial charge in [-0.2, -0.15) is 0 Å². The van der Waals surface area contributed by atoms with E-state index in [0.717, 1.165) is 0 Å². The Kier molecular flexibility index (Phi) is 9.03. The molecule has 0 aromatic carbocycles. The number of hydrogen-bond acceptors (Lipinski definition) is 1. The van der Waals surface area contributed by atoms with E-state index in [-0.39, 0.29) is 18.9 Å². The molecule has 3 heteroatoms. The van der Waals surface area contributed by atoms with Crippen LogP contribution >= 0.6 is 0 Å². The summed E-state index contributed by atoms with van der Waals surface area (Å²) < 4.78 is 6.06.